The van der Waals surface area contributed by atoms with E-state index in [1.807, 2.05) is 30.3 Å². The fourth-order valence-electron chi connectivity index (χ4n) is 3.14. The maximum Gasteiger partial charge on any atom is 0.273 e. The molecular formula is C20H27N3O3. The number of carbonyl (C=O) groups is 1. The van der Waals surface area contributed by atoms with E-state index in [1.165, 1.54) is 6.26 Å². The SMILES string of the molecule is CC(C)N1CCC(CNC(=O)c2coc(COc3ccccc3)n2)CC1. The Labute approximate surface area is 154 Å². The molecule has 0 spiro atoms. The third-order valence-corrected chi connectivity index (χ3v) is 4.82. The maximum absolute atomic E-state index is 12.3. The van der Waals surface area contributed by atoms with Crippen LogP contribution in [0.25, 0.3) is 0 Å². The summed E-state index contributed by atoms with van der Waals surface area (Å²) in [7, 11) is 0. The molecule has 0 saturated carbocycles. The van der Waals surface area contributed by atoms with E-state index in [0.717, 1.165) is 31.7 Å². The number of carbonyl (C=O) groups excluding carboxylic acids is 1. The minimum absolute atomic E-state index is 0.189. The standard InChI is InChI=1S/C20H27N3O3/c1-15(2)23-10-8-16(9-11-23)12-21-20(24)18-13-26-19(22-18)14-25-17-6-4-3-5-7-17/h3-7,13,15-16H,8-12,14H2,1-2H3,(H,21,24). The average Bonchev–Trinajstić information content (AvgIpc) is 3.15. The van der Waals surface area contributed by atoms with Gasteiger partial charge in [-0.1, -0.05) is 18.2 Å². The van der Waals surface area contributed by atoms with E-state index in [0.29, 0.717) is 30.1 Å². The summed E-state index contributed by atoms with van der Waals surface area (Å²) in [5.41, 5.74) is 0.302. The fraction of sp³-hybridized carbons (Fsp3) is 0.500. The van der Waals surface area contributed by atoms with E-state index in [4.69, 9.17) is 9.15 Å². The van der Waals surface area contributed by atoms with Crippen molar-refractivity contribution in [3.8, 4) is 5.75 Å². The monoisotopic (exact) mass is 357 g/mol. The molecule has 0 atom stereocenters. The highest BCUT2D eigenvalue weighted by Gasteiger charge is 2.22. The van der Waals surface area contributed by atoms with Crippen LogP contribution >= 0.6 is 0 Å². The van der Waals surface area contributed by atoms with Gasteiger partial charge in [0, 0.05) is 12.6 Å². The van der Waals surface area contributed by atoms with Gasteiger partial charge in [0.25, 0.3) is 5.91 Å². The van der Waals surface area contributed by atoms with Crippen LogP contribution in [0.3, 0.4) is 0 Å². The Bertz CT molecular complexity index is 691. The van der Waals surface area contributed by atoms with Gasteiger partial charge in [-0.2, -0.15) is 0 Å². The highest BCUT2D eigenvalue weighted by atomic mass is 16.5. The van der Waals surface area contributed by atoms with Crippen molar-refractivity contribution in [2.45, 2.75) is 39.3 Å². The number of aromatic nitrogens is 1. The molecule has 0 radical (unpaired) electrons. The van der Waals surface area contributed by atoms with Crippen LogP contribution in [0.4, 0.5) is 0 Å². The zero-order valence-electron chi connectivity index (χ0n) is 15.5. The first-order valence-corrected chi connectivity index (χ1v) is 9.26. The van der Waals surface area contributed by atoms with E-state index in [9.17, 15) is 4.79 Å². The van der Waals surface area contributed by atoms with E-state index >= 15 is 0 Å². The predicted molar refractivity (Wildman–Crippen MR) is 99.0 cm³/mol. The molecule has 1 aliphatic rings. The number of amides is 1. The van der Waals surface area contributed by atoms with Crippen LogP contribution in [0.2, 0.25) is 0 Å². The number of piperidine rings is 1. The van der Waals surface area contributed by atoms with Crippen molar-refractivity contribution in [3.63, 3.8) is 0 Å². The molecule has 1 amide bonds. The van der Waals surface area contributed by atoms with Crippen molar-refractivity contribution in [3.05, 3.63) is 48.2 Å². The molecule has 2 heterocycles. The molecule has 1 N–H and O–H groups in total. The van der Waals surface area contributed by atoms with Gasteiger partial charge in [-0.15, -0.1) is 0 Å². The number of likely N-dealkylation sites (tertiary alicyclic amines) is 1. The Balaban J connectivity index is 1.42. The van der Waals surface area contributed by atoms with Gasteiger partial charge in [0.2, 0.25) is 5.89 Å². The minimum atomic E-state index is -0.189. The van der Waals surface area contributed by atoms with E-state index in [-0.39, 0.29) is 12.5 Å². The van der Waals surface area contributed by atoms with Gasteiger partial charge in [0.15, 0.2) is 12.3 Å². The topological polar surface area (TPSA) is 67.6 Å². The van der Waals surface area contributed by atoms with Gasteiger partial charge < -0.3 is 19.4 Å². The van der Waals surface area contributed by atoms with Crippen molar-refractivity contribution in [2.24, 2.45) is 5.92 Å². The van der Waals surface area contributed by atoms with Gasteiger partial charge >= 0.3 is 0 Å². The molecule has 6 heteroatoms. The number of ether oxygens (including phenoxy) is 1. The Hall–Kier alpha value is -2.34. The summed E-state index contributed by atoms with van der Waals surface area (Å²) in [6.45, 7) is 7.54. The summed E-state index contributed by atoms with van der Waals surface area (Å²) in [5, 5.41) is 2.98. The Morgan fingerprint density at radius 1 is 1.31 bits per heavy atom. The summed E-state index contributed by atoms with van der Waals surface area (Å²) in [4.78, 5) is 19.0. The maximum atomic E-state index is 12.3. The van der Waals surface area contributed by atoms with Crippen LogP contribution in [-0.2, 0) is 6.61 Å². The lowest BCUT2D eigenvalue weighted by atomic mass is 9.96. The number of oxazole rings is 1. The van der Waals surface area contributed by atoms with E-state index < -0.39 is 0 Å². The third kappa shape index (κ3) is 5.08. The lowest BCUT2D eigenvalue weighted by Gasteiger charge is -2.34. The smallest absolute Gasteiger partial charge is 0.273 e. The molecule has 1 saturated heterocycles. The van der Waals surface area contributed by atoms with E-state index in [2.05, 4.69) is 29.0 Å². The zero-order valence-corrected chi connectivity index (χ0v) is 15.5. The third-order valence-electron chi connectivity index (χ3n) is 4.82. The molecule has 2 aromatic rings. The van der Waals surface area contributed by atoms with Crippen LogP contribution < -0.4 is 10.1 Å². The molecule has 1 aromatic carbocycles. The highest BCUT2D eigenvalue weighted by molar-refractivity contribution is 5.91. The molecule has 3 rings (SSSR count). The van der Waals surface area contributed by atoms with E-state index in [1.54, 1.807) is 0 Å². The molecular weight excluding hydrogens is 330 g/mol. The highest BCUT2D eigenvalue weighted by Crippen LogP contribution is 2.18. The first-order valence-electron chi connectivity index (χ1n) is 9.26. The Morgan fingerprint density at radius 2 is 2.04 bits per heavy atom. The number of hydrogen-bond donors (Lipinski definition) is 1. The first kappa shape index (κ1) is 18.5. The predicted octanol–water partition coefficient (Wildman–Crippen LogP) is 3.10. The van der Waals surface area contributed by atoms with Crippen LogP contribution in [0.5, 0.6) is 5.75 Å². The van der Waals surface area contributed by atoms with Crippen LogP contribution in [0.15, 0.2) is 41.0 Å². The number of para-hydroxylation sites is 1. The molecule has 0 aliphatic carbocycles. The lowest BCUT2D eigenvalue weighted by molar-refractivity contribution is 0.0924. The number of nitrogens with zero attached hydrogens (tertiary/aromatic N) is 2. The molecule has 0 bridgehead atoms. The fourth-order valence-corrected chi connectivity index (χ4v) is 3.14. The first-order chi connectivity index (χ1) is 12.6. The number of benzene rings is 1. The second-order valence-electron chi connectivity index (χ2n) is 7.01. The van der Waals surface area contributed by atoms with Crippen molar-refractivity contribution in [2.75, 3.05) is 19.6 Å². The van der Waals surface area contributed by atoms with Gasteiger partial charge in [0.1, 0.15) is 12.0 Å². The van der Waals surface area contributed by atoms with Gasteiger partial charge in [-0.05, 0) is 57.8 Å². The average molecular weight is 357 g/mol. The molecule has 6 nitrogen and oxygen atoms in total. The van der Waals surface area contributed by atoms with Crippen LogP contribution in [0.1, 0.15) is 43.1 Å². The summed E-state index contributed by atoms with van der Waals surface area (Å²) in [6, 6.07) is 10.0. The summed E-state index contributed by atoms with van der Waals surface area (Å²) < 4.78 is 10.9. The molecule has 140 valence electrons. The van der Waals surface area contributed by atoms with Gasteiger partial charge in [-0.25, -0.2) is 4.98 Å². The second kappa shape index (κ2) is 8.85. The Morgan fingerprint density at radius 3 is 2.73 bits per heavy atom. The van der Waals surface area contributed by atoms with Gasteiger partial charge in [-0.3, -0.25) is 4.79 Å². The normalized spacial score (nSPS) is 16.0. The summed E-state index contributed by atoms with van der Waals surface area (Å²) in [5.74, 6) is 1.47. The van der Waals surface area contributed by atoms with Crippen molar-refractivity contribution in [1.82, 2.24) is 15.2 Å². The number of nitrogens with one attached hydrogen (secondary N) is 1. The summed E-state index contributed by atoms with van der Waals surface area (Å²) >= 11 is 0. The lowest BCUT2D eigenvalue weighted by Crippen LogP contribution is -2.41. The van der Waals surface area contributed by atoms with Gasteiger partial charge in [0.05, 0.1) is 0 Å². The minimum Gasteiger partial charge on any atom is -0.484 e. The Kier molecular flexibility index (Phi) is 6.28. The van der Waals surface area contributed by atoms with Crippen molar-refractivity contribution < 1.29 is 13.9 Å². The quantitative estimate of drug-likeness (QED) is 0.825. The van der Waals surface area contributed by atoms with Crippen molar-refractivity contribution in [1.29, 1.82) is 0 Å². The number of hydrogen-bond acceptors (Lipinski definition) is 5. The molecule has 0 unspecified atom stereocenters. The van der Waals surface area contributed by atoms with Crippen molar-refractivity contribution >= 4 is 5.91 Å². The molecule has 26 heavy (non-hydrogen) atoms. The molecule has 1 fully saturated rings. The zero-order chi connectivity index (χ0) is 18.4. The molecule has 1 aromatic heterocycles. The molecule has 1 aliphatic heterocycles. The van der Waals surface area contributed by atoms with Crippen LogP contribution in [-0.4, -0.2) is 41.5 Å². The summed E-state index contributed by atoms with van der Waals surface area (Å²) in [6.07, 6.45) is 3.63. The second-order valence-corrected chi connectivity index (χ2v) is 7.01. The largest absolute Gasteiger partial charge is 0.484 e. The number of rotatable bonds is 7. The van der Waals surface area contributed by atoms with Crippen LogP contribution in [0, 0.1) is 5.92 Å².